The van der Waals surface area contributed by atoms with Crippen LogP contribution in [-0.2, 0) is 0 Å². The molecule has 3 aromatic heterocycles. The molecule has 7 nitrogen and oxygen atoms in total. The average molecular weight is 733 g/mol. The summed E-state index contributed by atoms with van der Waals surface area (Å²) >= 11 is 0. The van der Waals surface area contributed by atoms with Gasteiger partial charge in [-0.3, -0.25) is 4.57 Å². The summed E-state index contributed by atoms with van der Waals surface area (Å²) in [7, 11) is 0. The second-order valence-corrected chi connectivity index (χ2v) is 14.2. The molecule has 11 rings (SSSR count). The minimum Gasteiger partial charge on any atom is -0.436 e. The predicted octanol–water partition coefficient (Wildman–Crippen LogP) is 12.1. The van der Waals surface area contributed by atoms with Crippen LogP contribution in [0, 0.1) is 11.3 Å². The number of allylic oxidation sites excluding steroid dienone is 1. The number of nitrogens with zero attached hydrogens (tertiary/aromatic N) is 6. The lowest BCUT2D eigenvalue weighted by molar-refractivity contribution is 0.620. The van der Waals surface area contributed by atoms with E-state index in [1.54, 1.807) is 12.1 Å². The number of nitriles is 1. The Morgan fingerprint density at radius 3 is 1.88 bits per heavy atom. The first-order valence-corrected chi connectivity index (χ1v) is 19.1. The molecular weight excluding hydrogens is 701 g/mol. The van der Waals surface area contributed by atoms with Gasteiger partial charge in [-0.05, 0) is 73.0 Å². The fourth-order valence-corrected chi connectivity index (χ4v) is 8.31. The van der Waals surface area contributed by atoms with Crippen LogP contribution in [0.4, 0.5) is 0 Å². The Labute approximate surface area is 327 Å². The van der Waals surface area contributed by atoms with Crippen LogP contribution in [0.3, 0.4) is 0 Å². The first-order chi connectivity index (χ1) is 28.2. The van der Waals surface area contributed by atoms with Gasteiger partial charge in [0.25, 0.3) is 0 Å². The molecule has 1 aliphatic rings. The number of aromatic nitrogens is 3. The monoisotopic (exact) mass is 732 g/mol. The van der Waals surface area contributed by atoms with Gasteiger partial charge in [0.2, 0.25) is 5.89 Å². The van der Waals surface area contributed by atoms with Crippen molar-refractivity contribution in [2.75, 3.05) is 0 Å². The first-order valence-electron chi connectivity index (χ1n) is 19.1. The van der Waals surface area contributed by atoms with E-state index in [9.17, 15) is 5.26 Å². The van der Waals surface area contributed by atoms with E-state index in [-0.39, 0.29) is 0 Å². The van der Waals surface area contributed by atoms with Gasteiger partial charge < -0.3 is 8.98 Å². The summed E-state index contributed by atoms with van der Waals surface area (Å²) in [5.74, 6) is 1.99. The van der Waals surface area contributed by atoms with E-state index in [2.05, 4.69) is 124 Å². The number of aliphatic imine (C=N–C) groups is 2. The second kappa shape index (κ2) is 13.2. The third-order valence-electron chi connectivity index (χ3n) is 10.9. The quantitative estimate of drug-likeness (QED) is 0.177. The van der Waals surface area contributed by atoms with Crippen molar-refractivity contribution in [1.82, 2.24) is 14.1 Å². The number of amidine groups is 1. The lowest BCUT2D eigenvalue weighted by Gasteiger charge is -2.16. The highest BCUT2D eigenvalue weighted by Gasteiger charge is 2.24. The van der Waals surface area contributed by atoms with Crippen molar-refractivity contribution in [2.45, 2.75) is 12.8 Å². The van der Waals surface area contributed by atoms with Gasteiger partial charge in [0, 0.05) is 32.7 Å². The van der Waals surface area contributed by atoms with Gasteiger partial charge in [-0.2, -0.15) is 5.26 Å². The van der Waals surface area contributed by atoms with Gasteiger partial charge >= 0.3 is 0 Å². The molecule has 268 valence electrons. The maximum absolute atomic E-state index is 9.39. The molecule has 0 atom stereocenters. The minimum atomic E-state index is 0.500. The molecule has 0 spiro atoms. The van der Waals surface area contributed by atoms with Crippen molar-refractivity contribution in [2.24, 2.45) is 9.98 Å². The molecule has 7 heteroatoms. The van der Waals surface area contributed by atoms with Crippen molar-refractivity contribution in [3.8, 4) is 23.2 Å². The Morgan fingerprint density at radius 1 is 0.544 bits per heavy atom. The average Bonchev–Trinajstić information content (AvgIpc) is 3.95. The lowest BCUT2D eigenvalue weighted by atomic mass is 10.0. The summed E-state index contributed by atoms with van der Waals surface area (Å²) in [5, 5.41) is 13.9. The van der Waals surface area contributed by atoms with Gasteiger partial charge in [-0.15, -0.1) is 0 Å². The third-order valence-corrected chi connectivity index (χ3v) is 10.9. The van der Waals surface area contributed by atoms with Gasteiger partial charge in [0.1, 0.15) is 11.3 Å². The van der Waals surface area contributed by atoms with Crippen molar-refractivity contribution >= 4 is 72.1 Å². The molecule has 7 aromatic carbocycles. The maximum Gasteiger partial charge on any atom is 0.227 e. The molecule has 0 unspecified atom stereocenters. The largest absolute Gasteiger partial charge is 0.436 e. The number of fused-ring (bicyclic) bond motifs is 8. The summed E-state index contributed by atoms with van der Waals surface area (Å²) in [6.45, 7) is 0. The molecule has 0 saturated heterocycles. The topological polar surface area (TPSA) is 84.4 Å². The fourth-order valence-electron chi connectivity index (χ4n) is 8.31. The molecule has 0 fully saturated rings. The molecule has 57 heavy (non-hydrogen) atoms. The molecule has 0 amide bonds. The molecular formula is C50H32N6O. The Kier molecular flexibility index (Phi) is 7.54. The van der Waals surface area contributed by atoms with E-state index >= 15 is 0 Å². The van der Waals surface area contributed by atoms with E-state index in [4.69, 9.17) is 19.4 Å². The number of oxazole rings is 1. The molecule has 0 saturated carbocycles. The minimum absolute atomic E-state index is 0.500. The van der Waals surface area contributed by atoms with Crippen LogP contribution < -0.4 is 0 Å². The van der Waals surface area contributed by atoms with Gasteiger partial charge in [-0.1, -0.05) is 115 Å². The molecule has 0 aliphatic carbocycles. The van der Waals surface area contributed by atoms with Crippen LogP contribution >= 0.6 is 0 Å². The highest BCUT2D eigenvalue weighted by Crippen LogP contribution is 2.43. The van der Waals surface area contributed by atoms with Gasteiger partial charge in [0.15, 0.2) is 11.4 Å². The van der Waals surface area contributed by atoms with Crippen LogP contribution in [0.1, 0.15) is 29.5 Å². The summed E-state index contributed by atoms with van der Waals surface area (Å²) in [5.41, 5.74) is 11.0. The van der Waals surface area contributed by atoms with Gasteiger partial charge in [-0.25, -0.2) is 15.0 Å². The molecule has 0 N–H and O–H groups in total. The predicted molar refractivity (Wildman–Crippen MR) is 231 cm³/mol. The van der Waals surface area contributed by atoms with Crippen LogP contribution in [-0.4, -0.2) is 25.7 Å². The first kappa shape index (κ1) is 32.6. The van der Waals surface area contributed by atoms with E-state index < -0.39 is 0 Å². The summed E-state index contributed by atoms with van der Waals surface area (Å²) in [4.78, 5) is 15.9. The van der Waals surface area contributed by atoms with Crippen LogP contribution in [0.25, 0.3) is 77.7 Å². The van der Waals surface area contributed by atoms with Crippen molar-refractivity contribution in [3.63, 3.8) is 0 Å². The SMILES string of the molecule is N#Cc1ccc(-c2nc3c(-n4c5ccccc5c5ccc6c7ccccc7n(C7=C/CC/C(c8ccccc8)=N/C(c8ccccc8)=N\7)c6c54)cccc3o2)cc1. The molecule has 1 aliphatic heterocycles. The normalized spacial score (nSPS) is 16.2. The van der Waals surface area contributed by atoms with Crippen molar-refractivity contribution < 1.29 is 4.42 Å². The number of hydrogen-bond donors (Lipinski definition) is 0. The van der Waals surface area contributed by atoms with Crippen LogP contribution in [0.15, 0.2) is 184 Å². The second-order valence-electron chi connectivity index (χ2n) is 14.2. The smallest absolute Gasteiger partial charge is 0.227 e. The Hall–Kier alpha value is -7.82. The number of hydrogen-bond acceptors (Lipinski definition) is 5. The standard InChI is InChI=1S/C50H32N6O/c51-31-32-25-27-35(28-26-32)50-54-46-43(22-12-23-44(46)57-50)55-41-20-9-7-17-36(41)38-29-30-39-37-18-8-10-21-42(37)56(48(39)47(38)55)45-24-11-19-40(33-13-3-1-4-14-33)52-49(53-45)34-15-5-2-6-16-34/h1-10,12-18,20-30H,11,19H2/b45-24+,52-40-,53-49-. The number of rotatable bonds is 5. The highest BCUT2D eigenvalue weighted by atomic mass is 16.3. The maximum atomic E-state index is 9.39. The van der Waals surface area contributed by atoms with E-state index in [0.717, 1.165) is 95.9 Å². The summed E-state index contributed by atoms with van der Waals surface area (Å²) < 4.78 is 11.1. The zero-order valence-electron chi connectivity index (χ0n) is 30.7. The lowest BCUT2D eigenvalue weighted by Crippen LogP contribution is -2.10. The van der Waals surface area contributed by atoms with Crippen LogP contribution in [0.2, 0.25) is 0 Å². The van der Waals surface area contributed by atoms with E-state index in [0.29, 0.717) is 22.9 Å². The van der Waals surface area contributed by atoms with Crippen LogP contribution in [0.5, 0.6) is 0 Å². The molecule has 0 radical (unpaired) electrons. The molecule has 10 aromatic rings. The number of para-hydroxylation sites is 3. The Bertz CT molecular complexity index is 3340. The zero-order valence-corrected chi connectivity index (χ0v) is 30.7. The zero-order chi connectivity index (χ0) is 37.9. The fraction of sp³-hybridized carbons (Fsp3) is 0.0400. The summed E-state index contributed by atoms with van der Waals surface area (Å²) in [6, 6.07) is 58.0. The van der Waals surface area contributed by atoms with Crippen molar-refractivity contribution in [3.05, 3.63) is 187 Å². The van der Waals surface area contributed by atoms with E-state index in [1.165, 1.54) is 0 Å². The van der Waals surface area contributed by atoms with Gasteiger partial charge in [0.05, 0.1) is 45.1 Å². The van der Waals surface area contributed by atoms with Crippen molar-refractivity contribution in [1.29, 1.82) is 5.26 Å². The Morgan fingerprint density at radius 2 is 1.18 bits per heavy atom. The van der Waals surface area contributed by atoms with E-state index in [1.807, 2.05) is 48.5 Å². The molecule has 4 heterocycles. The summed E-state index contributed by atoms with van der Waals surface area (Å²) in [6.07, 6.45) is 3.79. The molecule has 0 bridgehead atoms. The third kappa shape index (κ3) is 5.30. The Balaban J connectivity index is 1.22. The highest BCUT2D eigenvalue weighted by molar-refractivity contribution is 6.25. The number of benzene rings is 7.